The Balaban J connectivity index is 1.56. The van der Waals surface area contributed by atoms with Gasteiger partial charge in [0.2, 0.25) is 10.3 Å². The molecular formula is C16H14N6O2S. The first-order valence-corrected chi connectivity index (χ1v) is 8.01. The lowest BCUT2D eigenvalue weighted by Crippen LogP contribution is -1.90. The Hall–Kier alpha value is -3.46. The predicted octanol–water partition coefficient (Wildman–Crippen LogP) is 2.84. The second-order valence-electron chi connectivity index (χ2n) is 4.77. The van der Waals surface area contributed by atoms with Crippen LogP contribution in [0.2, 0.25) is 0 Å². The Morgan fingerprint density at radius 1 is 0.760 bits per heavy atom. The number of para-hydroxylation sites is 2. The van der Waals surface area contributed by atoms with Crippen LogP contribution < -0.4 is 10.9 Å². The molecule has 0 aliphatic rings. The molecule has 9 heteroatoms. The molecule has 3 rings (SSSR count). The number of aromatic hydroxyl groups is 2. The Morgan fingerprint density at radius 3 is 1.64 bits per heavy atom. The molecule has 0 unspecified atom stereocenters. The number of nitrogens with zero attached hydrogens (tertiary/aromatic N) is 4. The molecule has 3 aromatic rings. The lowest BCUT2D eigenvalue weighted by molar-refractivity contribution is 0.474. The SMILES string of the molecule is Oc1ccccc1/C=N/Nc1nnc(N/N=C/c2ccccc2O)s1. The topological polar surface area (TPSA) is 115 Å². The van der Waals surface area contributed by atoms with Gasteiger partial charge >= 0.3 is 0 Å². The van der Waals surface area contributed by atoms with E-state index in [0.29, 0.717) is 21.4 Å². The van der Waals surface area contributed by atoms with Gasteiger partial charge in [0.25, 0.3) is 0 Å². The molecule has 0 radical (unpaired) electrons. The smallest absolute Gasteiger partial charge is 0.227 e. The highest BCUT2D eigenvalue weighted by atomic mass is 32.1. The number of aromatic nitrogens is 2. The molecule has 0 amide bonds. The highest BCUT2D eigenvalue weighted by Gasteiger charge is 2.02. The number of nitrogens with one attached hydrogen (secondary N) is 2. The minimum atomic E-state index is 0.145. The van der Waals surface area contributed by atoms with Crippen molar-refractivity contribution in [3.8, 4) is 11.5 Å². The summed E-state index contributed by atoms with van der Waals surface area (Å²) in [5.41, 5.74) is 6.63. The molecular weight excluding hydrogens is 340 g/mol. The van der Waals surface area contributed by atoms with E-state index in [9.17, 15) is 10.2 Å². The standard InChI is InChI=1S/C16H14N6O2S/c23-13-7-3-1-5-11(13)9-17-19-15-21-22-16(25-15)20-18-10-12-6-2-4-8-14(12)24/h1-10,23-24H,(H,19,21)(H,20,22)/b17-9+,18-10+. The maximum atomic E-state index is 9.63. The Morgan fingerprint density at radius 2 is 1.20 bits per heavy atom. The molecule has 0 bridgehead atoms. The van der Waals surface area contributed by atoms with Gasteiger partial charge < -0.3 is 10.2 Å². The van der Waals surface area contributed by atoms with Gasteiger partial charge in [-0.3, -0.25) is 10.9 Å². The third kappa shape index (κ3) is 4.52. The van der Waals surface area contributed by atoms with Crippen molar-refractivity contribution < 1.29 is 10.2 Å². The summed E-state index contributed by atoms with van der Waals surface area (Å²) in [5, 5.41) is 36.0. The van der Waals surface area contributed by atoms with Crippen molar-refractivity contribution in [3.63, 3.8) is 0 Å². The fourth-order valence-corrected chi connectivity index (χ4v) is 2.36. The van der Waals surface area contributed by atoms with Crippen LogP contribution in [0.5, 0.6) is 11.5 Å². The lowest BCUT2D eigenvalue weighted by Gasteiger charge is -1.97. The first kappa shape index (κ1) is 16.4. The van der Waals surface area contributed by atoms with E-state index >= 15 is 0 Å². The molecule has 0 saturated heterocycles. The summed E-state index contributed by atoms with van der Waals surface area (Å²) >= 11 is 1.21. The molecule has 0 saturated carbocycles. The fourth-order valence-electron chi connectivity index (χ4n) is 1.82. The van der Waals surface area contributed by atoms with E-state index < -0.39 is 0 Å². The molecule has 8 nitrogen and oxygen atoms in total. The van der Waals surface area contributed by atoms with Crippen molar-refractivity contribution in [1.29, 1.82) is 0 Å². The summed E-state index contributed by atoms with van der Waals surface area (Å²) in [6.45, 7) is 0. The summed E-state index contributed by atoms with van der Waals surface area (Å²) in [4.78, 5) is 0. The van der Waals surface area contributed by atoms with Gasteiger partial charge in [0.05, 0.1) is 12.4 Å². The van der Waals surface area contributed by atoms with E-state index in [1.165, 1.54) is 23.8 Å². The molecule has 0 aliphatic carbocycles. The largest absolute Gasteiger partial charge is 0.507 e. The number of phenols is 2. The van der Waals surface area contributed by atoms with E-state index in [2.05, 4.69) is 31.3 Å². The van der Waals surface area contributed by atoms with Crippen LogP contribution in [-0.4, -0.2) is 32.8 Å². The molecule has 0 fully saturated rings. The Labute approximate surface area is 147 Å². The van der Waals surface area contributed by atoms with Crippen molar-refractivity contribution in [1.82, 2.24) is 10.2 Å². The minimum Gasteiger partial charge on any atom is -0.507 e. The maximum Gasteiger partial charge on any atom is 0.227 e. The number of phenolic OH excluding ortho intramolecular Hbond substituents is 2. The first-order valence-electron chi connectivity index (χ1n) is 7.20. The van der Waals surface area contributed by atoms with Gasteiger partial charge in [-0.1, -0.05) is 35.6 Å². The van der Waals surface area contributed by atoms with Crippen LogP contribution in [0.3, 0.4) is 0 Å². The van der Waals surface area contributed by atoms with Crippen molar-refractivity contribution in [2.45, 2.75) is 0 Å². The molecule has 0 spiro atoms. The number of benzene rings is 2. The Kier molecular flexibility index (Phi) is 5.17. The van der Waals surface area contributed by atoms with E-state index in [4.69, 9.17) is 0 Å². The maximum absolute atomic E-state index is 9.63. The molecule has 1 heterocycles. The van der Waals surface area contributed by atoms with Gasteiger partial charge in [-0.05, 0) is 24.3 Å². The molecule has 1 aromatic heterocycles. The van der Waals surface area contributed by atoms with Gasteiger partial charge in [-0.25, -0.2) is 0 Å². The van der Waals surface area contributed by atoms with Gasteiger partial charge in [0, 0.05) is 11.1 Å². The van der Waals surface area contributed by atoms with Crippen LogP contribution in [0.25, 0.3) is 0 Å². The number of anilines is 2. The second kappa shape index (κ2) is 7.88. The van der Waals surface area contributed by atoms with E-state index in [0.717, 1.165) is 0 Å². The summed E-state index contributed by atoms with van der Waals surface area (Å²) in [6, 6.07) is 13.7. The zero-order valence-electron chi connectivity index (χ0n) is 12.9. The third-order valence-electron chi connectivity index (χ3n) is 3.03. The first-order chi connectivity index (χ1) is 12.2. The molecule has 2 aromatic carbocycles. The average Bonchev–Trinajstić information content (AvgIpc) is 3.06. The second-order valence-corrected chi connectivity index (χ2v) is 5.75. The van der Waals surface area contributed by atoms with Crippen LogP contribution in [0.15, 0.2) is 58.7 Å². The average molecular weight is 354 g/mol. The normalized spacial score (nSPS) is 11.2. The van der Waals surface area contributed by atoms with Crippen LogP contribution >= 0.6 is 11.3 Å². The van der Waals surface area contributed by atoms with E-state index in [1.807, 2.05) is 0 Å². The van der Waals surface area contributed by atoms with Gasteiger partial charge in [0.15, 0.2) is 0 Å². The van der Waals surface area contributed by atoms with Crippen molar-refractivity contribution in [2.24, 2.45) is 10.2 Å². The van der Waals surface area contributed by atoms with Gasteiger partial charge in [0.1, 0.15) is 11.5 Å². The molecule has 4 N–H and O–H groups in total. The van der Waals surface area contributed by atoms with E-state index in [-0.39, 0.29) is 11.5 Å². The number of rotatable bonds is 6. The zero-order chi connectivity index (χ0) is 17.5. The molecule has 25 heavy (non-hydrogen) atoms. The van der Waals surface area contributed by atoms with E-state index in [1.54, 1.807) is 48.5 Å². The van der Waals surface area contributed by atoms with Crippen LogP contribution in [-0.2, 0) is 0 Å². The highest BCUT2D eigenvalue weighted by Crippen LogP contribution is 2.20. The predicted molar refractivity (Wildman–Crippen MR) is 98.6 cm³/mol. The van der Waals surface area contributed by atoms with Crippen molar-refractivity contribution in [2.75, 3.05) is 10.9 Å². The van der Waals surface area contributed by atoms with Crippen LogP contribution in [0.4, 0.5) is 10.3 Å². The monoisotopic (exact) mass is 354 g/mol. The van der Waals surface area contributed by atoms with Crippen molar-refractivity contribution >= 4 is 34.0 Å². The Bertz CT molecular complexity index is 837. The number of hydrogen-bond donors (Lipinski definition) is 4. The third-order valence-corrected chi connectivity index (χ3v) is 3.76. The lowest BCUT2D eigenvalue weighted by atomic mass is 10.2. The summed E-state index contributed by atoms with van der Waals surface area (Å²) in [5.74, 6) is 0.289. The van der Waals surface area contributed by atoms with Gasteiger partial charge in [-0.15, -0.1) is 10.2 Å². The zero-order valence-corrected chi connectivity index (χ0v) is 13.7. The highest BCUT2D eigenvalue weighted by molar-refractivity contribution is 7.18. The summed E-state index contributed by atoms with van der Waals surface area (Å²) in [6.07, 6.45) is 2.97. The minimum absolute atomic E-state index is 0.145. The van der Waals surface area contributed by atoms with Gasteiger partial charge in [-0.2, -0.15) is 10.2 Å². The number of hydrogen-bond acceptors (Lipinski definition) is 9. The summed E-state index contributed by atoms with van der Waals surface area (Å²) < 4.78 is 0. The van der Waals surface area contributed by atoms with Crippen LogP contribution in [0, 0.1) is 0 Å². The van der Waals surface area contributed by atoms with Crippen LogP contribution in [0.1, 0.15) is 11.1 Å². The van der Waals surface area contributed by atoms with Crippen molar-refractivity contribution in [3.05, 3.63) is 59.7 Å². The fraction of sp³-hybridized carbons (Fsp3) is 0. The quantitative estimate of drug-likeness (QED) is 0.400. The molecule has 0 atom stereocenters. The summed E-state index contributed by atoms with van der Waals surface area (Å²) in [7, 11) is 0. The molecule has 0 aliphatic heterocycles. The number of hydrazone groups is 2. The molecule has 126 valence electrons.